The van der Waals surface area contributed by atoms with Gasteiger partial charge < -0.3 is 9.64 Å². The Balaban J connectivity index is 1.39. The van der Waals surface area contributed by atoms with Crippen molar-refractivity contribution in [1.29, 1.82) is 0 Å². The minimum atomic E-state index is -3.92. The number of carbonyl (C=O) groups excluding carboxylic acids is 1. The van der Waals surface area contributed by atoms with E-state index >= 15 is 0 Å². The van der Waals surface area contributed by atoms with Crippen molar-refractivity contribution in [3.8, 4) is 5.88 Å². The molecule has 0 spiro atoms. The summed E-state index contributed by atoms with van der Waals surface area (Å²) in [6.45, 7) is 8.72. The Bertz CT molecular complexity index is 1430. The summed E-state index contributed by atoms with van der Waals surface area (Å²) in [5.74, 6) is 0.527. The number of para-hydroxylation sites is 1. The van der Waals surface area contributed by atoms with Gasteiger partial charge in [0.1, 0.15) is 4.90 Å². The Kier molecular flexibility index (Phi) is 8.55. The zero-order chi connectivity index (χ0) is 27.1. The number of aromatic nitrogens is 1. The SMILES string of the molecule is C=Nc1c(/C=C\C)cccc1S(=O)(=O)Nc1ccc(C(=O)N2CCN(Cc3cccnc3OC)CC2)cc1. The molecule has 0 atom stereocenters. The molecule has 1 amide bonds. The van der Waals surface area contributed by atoms with E-state index in [2.05, 4.69) is 26.3 Å². The van der Waals surface area contributed by atoms with Crippen molar-refractivity contribution < 1.29 is 17.9 Å². The van der Waals surface area contributed by atoms with Crippen LogP contribution in [0.5, 0.6) is 5.88 Å². The molecule has 1 fully saturated rings. The summed E-state index contributed by atoms with van der Waals surface area (Å²) >= 11 is 0. The number of anilines is 1. The molecule has 2 heterocycles. The number of carbonyl (C=O) groups is 1. The zero-order valence-corrected chi connectivity index (χ0v) is 22.3. The maximum atomic E-state index is 13.1. The number of piperazine rings is 1. The van der Waals surface area contributed by atoms with Crippen LogP contribution in [0.2, 0.25) is 0 Å². The number of hydrogen-bond donors (Lipinski definition) is 1. The van der Waals surface area contributed by atoms with E-state index in [1.165, 1.54) is 6.07 Å². The smallest absolute Gasteiger partial charge is 0.264 e. The molecule has 10 heteroatoms. The van der Waals surface area contributed by atoms with Crippen molar-refractivity contribution in [3.05, 3.63) is 83.6 Å². The number of amides is 1. The number of methoxy groups -OCH3 is 1. The van der Waals surface area contributed by atoms with E-state index in [0.29, 0.717) is 42.3 Å². The summed E-state index contributed by atoms with van der Waals surface area (Å²) in [5, 5.41) is 0. The van der Waals surface area contributed by atoms with Gasteiger partial charge in [0.15, 0.2) is 0 Å². The third kappa shape index (κ3) is 6.09. The number of benzene rings is 2. The first-order valence-corrected chi connectivity index (χ1v) is 13.7. The first kappa shape index (κ1) is 27.0. The van der Waals surface area contributed by atoms with Crippen molar-refractivity contribution in [3.63, 3.8) is 0 Å². The number of aliphatic imine (C=N–C) groups is 1. The highest BCUT2D eigenvalue weighted by atomic mass is 32.2. The minimum Gasteiger partial charge on any atom is -0.481 e. The molecule has 198 valence electrons. The van der Waals surface area contributed by atoms with E-state index in [1.54, 1.807) is 61.9 Å². The molecule has 1 aliphatic rings. The molecule has 9 nitrogen and oxygen atoms in total. The van der Waals surface area contributed by atoms with E-state index in [0.717, 1.165) is 18.7 Å². The molecule has 1 aliphatic heterocycles. The summed E-state index contributed by atoms with van der Waals surface area (Å²) in [6.07, 6.45) is 5.29. The molecule has 38 heavy (non-hydrogen) atoms. The molecule has 1 saturated heterocycles. The van der Waals surface area contributed by atoms with Gasteiger partial charge in [-0.15, -0.1) is 0 Å². The number of allylic oxidation sites excluding steroid dienone is 1. The molecule has 1 aromatic heterocycles. The number of ether oxygens (including phenoxy) is 1. The summed E-state index contributed by atoms with van der Waals surface area (Å²) in [5.41, 5.74) is 2.80. The van der Waals surface area contributed by atoms with E-state index in [-0.39, 0.29) is 16.5 Å². The van der Waals surface area contributed by atoms with Crippen molar-refractivity contribution in [2.24, 2.45) is 4.99 Å². The molecule has 0 radical (unpaired) electrons. The fraction of sp³-hybridized carbons (Fsp3) is 0.250. The highest BCUT2D eigenvalue weighted by Gasteiger charge is 2.24. The molecule has 0 aliphatic carbocycles. The van der Waals surface area contributed by atoms with Gasteiger partial charge in [0.25, 0.3) is 15.9 Å². The number of sulfonamides is 1. The van der Waals surface area contributed by atoms with E-state index in [1.807, 2.05) is 24.0 Å². The standard InChI is InChI=1S/C28H31N5O4S/c1-4-7-21-8-5-10-25(26(21)29-2)38(35,36)31-24-13-11-22(12-14-24)28(34)33-18-16-32(17-19-33)20-23-9-6-15-30-27(23)37-3/h4-15,31H,2,16-20H2,1,3H3/b7-4-. The van der Waals surface area contributed by atoms with Crippen LogP contribution in [0.3, 0.4) is 0 Å². The lowest BCUT2D eigenvalue weighted by Gasteiger charge is -2.35. The van der Waals surface area contributed by atoms with Crippen LogP contribution in [-0.2, 0) is 16.6 Å². The molecule has 1 N–H and O–H groups in total. The second-order valence-electron chi connectivity index (χ2n) is 8.78. The number of nitrogens with zero attached hydrogens (tertiary/aromatic N) is 4. The maximum Gasteiger partial charge on any atom is 0.264 e. The second kappa shape index (κ2) is 12.0. The normalized spacial score (nSPS) is 14.4. The molecular formula is C28H31N5O4S. The topological polar surface area (TPSA) is 104 Å². The van der Waals surface area contributed by atoms with Crippen LogP contribution >= 0.6 is 0 Å². The van der Waals surface area contributed by atoms with Crippen LogP contribution in [0.15, 0.2) is 76.8 Å². The van der Waals surface area contributed by atoms with Crippen LogP contribution in [0.25, 0.3) is 6.08 Å². The van der Waals surface area contributed by atoms with Crippen molar-refractivity contribution in [2.75, 3.05) is 38.0 Å². The van der Waals surface area contributed by atoms with Crippen molar-refractivity contribution in [2.45, 2.75) is 18.4 Å². The molecule has 0 bridgehead atoms. The average Bonchev–Trinajstić information content (AvgIpc) is 2.93. The lowest BCUT2D eigenvalue weighted by atomic mass is 10.1. The highest BCUT2D eigenvalue weighted by Crippen LogP contribution is 2.30. The lowest BCUT2D eigenvalue weighted by Crippen LogP contribution is -2.48. The third-order valence-electron chi connectivity index (χ3n) is 6.30. The zero-order valence-electron chi connectivity index (χ0n) is 21.5. The summed E-state index contributed by atoms with van der Waals surface area (Å²) in [4.78, 5) is 25.4. The van der Waals surface area contributed by atoms with Crippen LogP contribution < -0.4 is 9.46 Å². The largest absolute Gasteiger partial charge is 0.481 e. The van der Waals surface area contributed by atoms with Gasteiger partial charge in [-0.1, -0.05) is 30.4 Å². The van der Waals surface area contributed by atoms with Gasteiger partial charge in [0.2, 0.25) is 5.88 Å². The lowest BCUT2D eigenvalue weighted by molar-refractivity contribution is 0.0627. The Morgan fingerprint density at radius 3 is 2.50 bits per heavy atom. The molecule has 4 rings (SSSR count). The molecule has 0 saturated carbocycles. The monoisotopic (exact) mass is 533 g/mol. The third-order valence-corrected chi connectivity index (χ3v) is 7.72. The molecule has 0 unspecified atom stereocenters. The van der Waals surface area contributed by atoms with Gasteiger partial charge in [-0.05, 0) is 50.0 Å². The van der Waals surface area contributed by atoms with Gasteiger partial charge in [-0.2, -0.15) is 0 Å². The fourth-order valence-electron chi connectivity index (χ4n) is 4.39. The Morgan fingerprint density at radius 1 is 1.11 bits per heavy atom. The van der Waals surface area contributed by atoms with E-state index in [4.69, 9.17) is 4.74 Å². The van der Waals surface area contributed by atoms with Gasteiger partial charge in [0.05, 0.1) is 12.8 Å². The van der Waals surface area contributed by atoms with Gasteiger partial charge >= 0.3 is 0 Å². The van der Waals surface area contributed by atoms with Crippen LogP contribution in [0.1, 0.15) is 28.4 Å². The number of hydrogen-bond acceptors (Lipinski definition) is 7. The predicted molar refractivity (Wildman–Crippen MR) is 150 cm³/mol. The Labute approximate surface area is 223 Å². The van der Waals surface area contributed by atoms with E-state index < -0.39 is 10.0 Å². The first-order valence-electron chi connectivity index (χ1n) is 12.2. The highest BCUT2D eigenvalue weighted by molar-refractivity contribution is 7.92. The Hall–Kier alpha value is -4.02. The van der Waals surface area contributed by atoms with Crippen molar-refractivity contribution >= 4 is 40.1 Å². The average molecular weight is 534 g/mol. The molecule has 2 aromatic carbocycles. The van der Waals surface area contributed by atoms with Crippen LogP contribution in [0, 0.1) is 0 Å². The van der Waals surface area contributed by atoms with Gasteiger partial charge in [0, 0.05) is 61.3 Å². The number of pyridine rings is 1. The number of nitrogens with one attached hydrogen (secondary N) is 1. The summed E-state index contributed by atoms with van der Waals surface area (Å²) in [7, 11) is -2.31. The van der Waals surface area contributed by atoms with Crippen molar-refractivity contribution in [1.82, 2.24) is 14.8 Å². The van der Waals surface area contributed by atoms with Crippen LogP contribution in [-0.4, -0.2) is 69.1 Å². The second-order valence-corrected chi connectivity index (χ2v) is 10.4. The quantitative estimate of drug-likeness (QED) is 0.413. The molecule has 3 aromatic rings. The number of rotatable bonds is 9. The summed E-state index contributed by atoms with van der Waals surface area (Å²) in [6, 6.07) is 15.3. The molecular weight excluding hydrogens is 502 g/mol. The van der Waals surface area contributed by atoms with Crippen LogP contribution in [0.4, 0.5) is 11.4 Å². The van der Waals surface area contributed by atoms with Gasteiger partial charge in [-0.25, -0.2) is 13.4 Å². The fourth-order valence-corrected chi connectivity index (χ4v) is 5.64. The maximum absolute atomic E-state index is 13.1. The summed E-state index contributed by atoms with van der Waals surface area (Å²) < 4.78 is 34.1. The van der Waals surface area contributed by atoms with Gasteiger partial charge in [-0.3, -0.25) is 19.4 Å². The predicted octanol–water partition coefficient (Wildman–Crippen LogP) is 4.21. The van der Waals surface area contributed by atoms with E-state index in [9.17, 15) is 13.2 Å². The minimum absolute atomic E-state index is 0.0324. The Morgan fingerprint density at radius 2 is 1.84 bits per heavy atom. The first-order chi connectivity index (χ1) is 18.4.